The van der Waals surface area contributed by atoms with E-state index in [0.717, 1.165) is 20.0 Å². The van der Waals surface area contributed by atoms with E-state index in [4.69, 9.17) is 18.0 Å². The second kappa shape index (κ2) is 5.61. The van der Waals surface area contributed by atoms with E-state index in [-0.39, 0.29) is 24.0 Å². The van der Waals surface area contributed by atoms with Crippen LogP contribution in [0.15, 0.2) is 0 Å². The van der Waals surface area contributed by atoms with Crippen LogP contribution in [0.5, 0.6) is 0 Å². The lowest BCUT2D eigenvalue weighted by Gasteiger charge is -2.21. The second-order valence-electron chi connectivity index (χ2n) is 3.66. The maximum absolute atomic E-state index is 11.8. The van der Waals surface area contributed by atoms with Crippen molar-refractivity contribution >= 4 is 33.5 Å². The molecule has 0 spiro atoms. The van der Waals surface area contributed by atoms with Crippen molar-refractivity contribution in [2.45, 2.75) is 25.3 Å². The van der Waals surface area contributed by atoms with E-state index >= 15 is 0 Å². The Morgan fingerprint density at radius 1 is 1.59 bits per heavy atom. The summed E-state index contributed by atoms with van der Waals surface area (Å²) in [6.07, 6.45) is 0.832. The maximum Gasteiger partial charge on any atom is 0.421 e. The Morgan fingerprint density at radius 2 is 2.18 bits per heavy atom. The molecule has 0 unspecified atom stereocenters. The number of nitrogens with one attached hydrogen (secondary N) is 1. The highest BCUT2D eigenvalue weighted by Crippen LogP contribution is 2.28. The standard InChI is InChI=1S/C8H15N3O4S2/c1-15-8(12)10-17(13,14)11(6-2-3-6)5-4-7(9)16/h6H,2-5H2,1H3,(H2,9,16)(H,10,12). The first-order valence-corrected chi connectivity index (χ1v) is 6.87. The van der Waals surface area contributed by atoms with Crippen molar-refractivity contribution in [3.8, 4) is 0 Å². The van der Waals surface area contributed by atoms with Crippen LogP contribution >= 0.6 is 12.2 Å². The Hall–Kier alpha value is -0.930. The van der Waals surface area contributed by atoms with Crippen LogP contribution in [0.1, 0.15) is 19.3 Å². The van der Waals surface area contributed by atoms with E-state index in [1.54, 1.807) is 4.72 Å². The number of rotatable bonds is 6. The minimum absolute atomic E-state index is 0.0773. The van der Waals surface area contributed by atoms with Crippen molar-refractivity contribution in [3.63, 3.8) is 0 Å². The Bertz CT molecular complexity index is 405. The van der Waals surface area contributed by atoms with Gasteiger partial charge in [0.15, 0.2) is 0 Å². The number of thiocarbonyl (C=S) groups is 1. The molecule has 0 bridgehead atoms. The van der Waals surface area contributed by atoms with Crippen molar-refractivity contribution in [1.82, 2.24) is 9.03 Å². The van der Waals surface area contributed by atoms with Crippen LogP contribution in [0.4, 0.5) is 4.79 Å². The molecule has 0 heterocycles. The van der Waals surface area contributed by atoms with Crippen LogP contribution in [-0.2, 0) is 14.9 Å². The molecule has 1 amide bonds. The zero-order chi connectivity index (χ0) is 13.1. The monoisotopic (exact) mass is 281 g/mol. The maximum atomic E-state index is 11.8. The lowest BCUT2D eigenvalue weighted by Crippen LogP contribution is -2.45. The Labute approximate surface area is 105 Å². The van der Waals surface area contributed by atoms with Crippen LogP contribution in [0.3, 0.4) is 0 Å². The summed E-state index contributed by atoms with van der Waals surface area (Å²) >= 11 is 4.70. The molecule has 0 radical (unpaired) electrons. The first-order valence-electron chi connectivity index (χ1n) is 5.02. The minimum Gasteiger partial charge on any atom is -0.452 e. The minimum atomic E-state index is -3.87. The smallest absolute Gasteiger partial charge is 0.421 e. The van der Waals surface area contributed by atoms with Gasteiger partial charge in [-0.05, 0) is 12.8 Å². The highest BCUT2D eigenvalue weighted by Gasteiger charge is 2.37. The average molecular weight is 281 g/mol. The van der Waals surface area contributed by atoms with Crippen molar-refractivity contribution in [2.24, 2.45) is 5.73 Å². The fourth-order valence-electron chi connectivity index (χ4n) is 1.29. The highest BCUT2D eigenvalue weighted by molar-refractivity contribution is 7.87. The quantitative estimate of drug-likeness (QED) is 0.650. The molecule has 0 aromatic carbocycles. The van der Waals surface area contributed by atoms with E-state index < -0.39 is 16.3 Å². The molecule has 7 nitrogen and oxygen atoms in total. The van der Waals surface area contributed by atoms with Gasteiger partial charge in [0.1, 0.15) is 0 Å². The number of methoxy groups -OCH3 is 1. The molecule has 1 fully saturated rings. The van der Waals surface area contributed by atoms with Gasteiger partial charge in [0.05, 0.1) is 12.1 Å². The van der Waals surface area contributed by atoms with Gasteiger partial charge >= 0.3 is 16.3 Å². The van der Waals surface area contributed by atoms with E-state index in [1.165, 1.54) is 4.31 Å². The third-order valence-corrected chi connectivity index (χ3v) is 3.97. The molecule has 1 rings (SSSR count). The fourth-order valence-corrected chi connectivity index (χ4v) is 2.72. The number of carbonyl (C=O) groups excluding carboxylic acids is 1. The summed E-state index contributed by atoms with van der Waals surface area (Å²) in [5.74, 6) is 0. The average Bonchev–Trinajstić information content (AvgIpc) is 3.00. The van der Waals surface area contributed by atoms with Crippen LogP contribution in [-0.4, -0.2) is 43.5 Å². The summed E-state index contributed by atoms with van der Waals surface area (Å²) < 4.78 is 30.9. The highest BCUT2D eigenvalue weighted by atomic mass is 32.2. The molecular formula is C8H15N3O4S2. The zero-order valence-electron chi connectivity index (χ0n) is 9.38. The topological polar surface area (TPSA) is 102 Å². The summed E-state index contributed by atoms with van der Waals surface area (Å²) in [5, 5.41) is 0. The predicted molar refractivity (Wildman–Crippen MR) is 65.6 cm³/mol. The van der Waals surface area contributed by atoms with Gasteiger partial charge < -0.3 is 10.5 Å². The van der Waals surface area contributed by atoms with Gasteiger partial charge in [-0.15, -0.1) is 0 Å². The molecular weight excluding hydrogens is 266 g/mol. The number of carbonyl (C=O) groups is 1. The molecule has 0 atom stereocenters. The van der Waals surface area contributed by atoms with Crippen LogP contribution in [0.25, 0.3) is 0 Å². The van der Waals surface area contributed by atoms with Crippen molar-refractivity contribution in [1.29, 1.82) is 0 Å². The third-order valence-electron chi connectivity index (χ3n) is 2.24. The molecule has 1 aliphatic carbocycles. The van der Waals surface area contributed by atoms with Crippen LogP contribution < -0.4 is 10.5 Å². The molecule has 0 aromatic rings. The largest absolute Gasteiger partial charge is 0.452 e. The van der Waals surface area contributed by atoms with Crippen LogP contribution in [0.2, 0.25) is 0 Å². The van der Waals surface area contributed by atoms with Gasteiger partial charge in [0, 0.05) is 19.0 Å². The number of amides is 1. The third kappa shape index (κ3) is 4.44. The number of nitrogens with zero attached hydrogens (tertiary/aromatic N) is 1. The summed E-state index contributed by atoms with van der Waals surface area (Å²) in [6, 6.07) is -0.0773. The van der Waals surface area contributed by atoms with E-state index in [0.29, 0.717) is 0 Å². The Balaban J connectivity index is 2.68. The van der Waals surface area contributed by atoms with Crippen molar-refractivity contribution in [3.05, 3.63) is 0 Å². The summed E-state index contributed by atoms with van der Waals surface area (Å²) in [5.41, 5.74) is 5.33. The van der Waals surface area contributed by atoms with Gasteiger partial charge in [0.2, 0.25) is 0 Å². The van der Waals surface area contributed by atoms with Crippen LogP contribution in [0, 0.1) is 0 Å². The summed E-state index contributed by atoms with van der Waals surface area (Å²) in [7, 11) is -2.77. The number of ether oxygens (including phenoxy) is 1. The molecule has 98 valence electrons. The normalized spacial score (nSPS) is 15.6. The number of hydrogen-bond donors (Lipinski definition) is 2. The molecule has 0 aromatic heterocycles. The molecule has 1 aliphatic rings. The van der Waals surface area contributed by atoms with Gasteiger partial charge in [-0.3, -0.25) is 0 Å². The van der Waals surface area contributed by atoms with Gasteiger partial charge in [-0.2, -0.15) is 12.7 Å². The molecule has 0 aliphatic heterocycles. The number of hydrogen-bond acceptors (Lipinski definition) is 5. The van der Waals surface area contributed by atoms with Crippen molar-refractivity contribution in [2.75, 3.05) is 13.7 Å². The fraction of sp³-hybridized carbons (Fsp3) is 0.750. The molecule has 0 saturated heterocycles. The zero-order valence-corrected chi connectivity index (χ0v) is 11.0. The first kappa shape index (κ1) is 14.1. The first-order chi connectivity index (χ1) is 7.86. The van der Waals surface area contributed by atoms with Crippen molar-refractivity contribution < 1.29 is 17.9 Å². The molecule has 9 heteroatoms. The second-order valence-corrected chi connectivity index (χ2v) is 5.80. The Morgan fingerprint density at radius 3 is 2.59 bits per heavy atom. The van der Waals surface area contributed by atoms with E-state index in [9.17, 15) is 13.2 Å². The van der Waals surface area contributed by atoms with Gasteiger partial charge in [-0.1, -0.05) is 12.2 Å². The summed E-state index contributed by atoms with van der Waals surface area (Å²) in [6.45, 7) is 0.173. The molecule has 17 heavy (non-hydrogen) atoms. The predicted octanol–water partition coefficient (Wildman–Crippen LogP) is -0.272. The summed E-state index contributed by atoms with van der Waals surface area (Å²) in [4.78, 5) is 11.2. The number of nitrogens with two attached hydrogens (primary N) is 1. The molecule has 3 N–H and O–H groups in total. The SMILES string of the molecule is COC(=O)NS(=O)(=O)N(CCC(N)=S)C1CC1. The van der Waals surface area contributed by atoms with Gasteiger partial charge in [0.25, 0.3) is 0 Å². The lowest BCUT2D eigenvalue weighted by molar-refractivity contribution is 0.177. The van der Waals surface area contributed by atoms with E-state index in [1.807, 2.05) is 0 Å². The lowest BCUT2D eigenvalue weighted by atomic mass is 10.4. The van der Waals surface area contributed by atoms with E-state index in [2.05, 4.69) is 4.74 Å². The Kier molecular flexibility index (Phi) is 4.66. The molecule has 1 saturated carbocycles. The van der Waals surface area contributed by atoms with Gasteiger partial charge in [-0.25, -0.2) is 9.52 Å².